The third kappa shape index (κ3) is 2.49. The third-order valence-electron chi connectivity index (χ3n) is 2.81. The Kier molecular flexibility index (Phi) is 2.82. The SMILES string of the molecule is CC1CC(Oc2ccc(C(F)(F)F)cc2)C1. The lowest BCUT2D eigenvalue weighted by atomic mass is 9.84. The molecular weight excluding hydrogens is 217 g/mol. The molecule has 0 radical (unpaired) electrons. The van der Waals surface area contributed by atoms with Gasteiger partial charge in [0.15, 0.2) is 0 Å². The molecule has 0 aromatic heterocycles. The standard InChI is InChI=1S/C12H13F3O/c1-8-6-11(7-8)16-10-4-2-9(3-5-10)12(13,14)15/h2-5,8,11H,6-7H2,1H3. The average Bonchev–Trinajstić information content (AvgIpc) is 2.15. The van der Waals surface area contributed by atoms with E-state index in [0.29, 0.717) is 11.7 Å². The lowest BCUT2D eigenvalue weighted by Crippen LogP contribution is -2.31. The molecule has 1 aromatic carbocycles. The Morgan fingerprint density at radius 3 is 2.12 bits per heavy atom. The van der Waals surface area contributed by atoms with Crippen molar-refractivity contribution in [2.75, 3.05) is 0 Å². The maximum atomic E-state index is 12.3. The average molecular weight is 230 g/mol. The first-order valence-electron chi connectivity index (χ1n) is 5.29. The van der Waals surface area contributed by atoms with Crippen LogP contribution < -0.4 is 4.74 Å². The number of hydrogen-bond acceptors (Lipinski definition) is 1. The molecular formula is C12H13F3O. The summed E-state index contributed by atoms with van der Waals surface area (Å²) >= 11 is 0. The van der Waals surface area contributed by atoms with E-state index in [1.54, 1.807) is 0 Å². The van der Waals surface area contributed by atoms with Gasteiger partial charge in [-0.3, -0.25) is 0 Å². The van der Waals surface area contributed by atoms with Crippen LogP contribution in [0.5, 0.6) is 5.75 Å². The van der Waals surface area contributed by atoms with E-state index in [1.807, 2.05) is 0 Å². The number of rotatable bonds is 2. The minimum absolute atomic E-state index is 0.173. The predicted octanol–water partition coefficient (Wildman–Crippen LogP) is 3.88. The molecule has 1 saturated carbocycles. The van der Waals surface area contributed by atoms with Gasteiger partial charge >= 0.3 is 6.18 Å². The first kappa shape index (κ1) is 11.3. The molecule has 0 aliphatic heterocycles. The van der Waals surface area contributed by atoms with Crippen LogP contribution in [0.4, 0.5) is 13.2 Å². The van der Waals surface area contributed by atoms with Crippen molar-refractivity contribution < 1.29 is 17.9 Å². The summed E-state index contributed by atoms with van der Waals surface area (Å²) in [6, 6.07) is 4.87. The lowest BCUT2D eigenvalue weighted by Gasteiger charge is -2.32. The molecule has 1 nitrogen and oxygen atoms in total. The summed E-state index contributed by atoms with van der Waals surface area (Å²) in [6.45, 7) is 2.13. The van der Waals surface area contributed by atoms with Crippen LogP contribution in [0.2, 0.25) is 0 Å². The first-order valence-corrected chi connectivity index (χ1v) is 5.29. The molecule has 0 amide bonds. The van der Waals surface area contributed by atoms with E-state index in [2.05, 4.69) is 6.92 Å². The highest BCUT2D eigenvalue weighted by Crippen LogP contribution is 2.33. The minimum Gasteiger partial charge on any atom is -0.490 e. The molecule has 0 atom stereocenters. The smallest absolute Gasteiger partial charge is 0.416 e. The number of halogens is 3. The van der Waals surface area contributed by atoms with E-state index in [0.717, 1.165) is 25.0 Å². The van der Waals surface area contributed by atoms with E-state index in [4.69, 9.17) is 4.74 Å². The molecule has 0 unspecified atom stereocenters. The zero-order chi connectivity index (χ0) is 11.8. The van der Waals surface area contributed by atoms with Crippen molar-refractivity contribution in [3.05, 3.63) is 29.8 Å². The van der Waals surface area contributed by atoms with Gasteiger partial charge < -0.3 is 4.74 Å². The van der Waals surface area contributed by atoms with Crippen molar-refractivity contribution in [3.63, 3.8) is 0 Å². The third-order valence-corrected chi connectivity index (χ3v) is 2.81. The normalized spacial score (nSPS) is 25.0. The van der Waals surface area contributed by atoms with Crippen LogP contribution in [0.1, 0.15) is 25.3 Å². The van der Waals surface area contributed by atoms with E-state index in [1.165, 1.54) is 12.1 Å². The lowest BCUT2D eigenvalue weighted by molar-refractivity contribution is -0.137. The van der Waals surface area contributed by atoms with Gasteiger partial charge in [-0.05, 0) is 43.0 Å². The van der Waals surface area contributed by atoms with Gasteiger partial charge in [-0.15, -0.1) is 0 Å². The van der Waals surface area contributed by atoms with Gasteiger partial charge in [-0.1, -0.05) is 6.92 Å². The van der Waals surface area contributed by atoms with E-state index in [-0.39, 0.29) is 6.10 Å². The Hall–Kier alpha value is -1.19. The molecule has 0 heterocycles. The fourth-order valence-electron chi connectivity index (χ4n) is 1.84. The highest BCUT2D eigenvalue weighted by molar-refractivity contribution is 5.29. The van der Waals surface area contributed by atoms with E-state index >= 15 is 0 Å². The zero-order valence-corrected chi connectivity index (χ0v) is 8.92. The Bertz CT molecular complexity index is 350. The molecule has 1 aliphatic rings. The maximum absolute atomic E-state index is 12.3. The van der Waals surface area contributed by atoms with E-state index < -0.39 is 11.7 Å². The van der Waals surface area contributed by atoms with Gasteiger partial charge in [0.1, 0.15) is 5.75 Å². The maximum Gasteiger partial charge on any atom is 0.416 e. The molecule has 2 rings (SSSR count). The number of hydrogen-bond donors (Lipinski definition) is 0. The fourth-order valence-corrected chi connectivity index (χ4v) is 1.84. The second kappa shape index (κ2) is 4.00. The quantitative estimate of drug-likeness (QED) is 0.749. The zero-order valence-electron chi connectivity index (χ0n) is 8.92. The Morgan fingerprint density at radius 2 is 1.69 bits per heavy atom. The Morgan fingerprint density at radius 1 is 1.12 bits per heavy atom. The van der Waals surface area contributed by atoms with Crippen LogP contribution >= 0.6 is 0 Å². The van der Waals surface area contributed by atoms with Crippen LogP contribution in [0.25, 0.3) is 0 Å². The van der Waals surface area contributed by atoms with Crippen molar-refractivity contribution in [2.24, 2.45) is 5.92 Å². The van der Waals surface area contributed by atoms with Gasteiger partial charge in [-0.2, -0.15) is 13.2 Å². The fraction of sp³-hybridized carbons (Fsp3) is 0.500. The molecule has 1 fully saturated rings. The summed E-state index contributed by atoms with van der Waals surface area (Å²) in [6.07, 6.45) is -2.13. The Balaban J connectivity index is 1.97. The summed E-state index contributed by atoms with van der Waals surface area (Å²) in [5.74, 6) is 1.18. The van der Waals surface area contributed by atoms with Gasteiger partial charge in [0, 0.05) is 0 Å². The largest absolute Gasteiger partial charge is 0.490 e. The van der Waals surface area contributed by atoms with Crippen molar-refractivity contribution in [2.45, 2.75) is 32.0 Å². The number of ether oxygens (including phenoxy) is 1. The van der Waals surface area contributed by atoms with Crippen molar-refractivity contribution in [1.29, 1.82) is 0 Å². The molecule has 1 aromatic rings. The van der Waals surface area contributed by atoms with Crippen molar-refractivity contribution in [3.8, 4) is 5.75 Å². The monoisotopic (exact) mass is 230 g/mol. The molecule has 0 saturated heterocycles. The number of benzene rings is 1. The summed E-state index contributed by atoms with van der Waals surface area (Å²) in [5, 5.41) is 0. The van der Waals surface area contributed by atoms with Gasteiger partial charge in [-0.25, -0.2) is 0 Å². The van der Waals surface area contributed by atoms with Crippen molar-refractivity contribution >= 4 is 0 Å². The van der Waals surface area contributed by atoms with Crippen LogP contribution in [0, 0.1) is 5.92 Å². The number of alkyl halides is 3. The Labute approximate surface area is 92.2 Å². The van der Waals surface area contributed by atoms with Crippen LogP contribution in [0.15, 0.2) is 24.3 Å². The summed E-state index contributed by atoms with van der Waals surface area (Å²) in [4.78, 5) is 0. The van der Waals surface area contributed by atoms with E-state index in [9.17, 15) is 13.2 Å². The topological polar surface area (TPSA) is 9.23 Å². The molecule has 1 aliphatic carbocycles. The molecule has 0 spiro atoms. The van der Waals surface area contributed by atoms with Crippen LogP contribution in [0.3, 0.4) is 0 Å². The van der Waals surface area contributed by atoms with Gasteiger partial charge in [0.05, 0.1) is 11.7 Å². The first-order chi connectivity index (χ1) is 7.45. The summed E-state index contributed by atoms with van der Waals surface area (Å²) in [5.41, 5.74) is -0.637. The molecule has 16 heavy (non-hydrogen) atoms. The van der Waals surface area contributed by atoms with Crippen molar-refractivity contribution in [1.82, 2.24) is 0 Å². The van der Waals surface area contributed by atoms with Crippen LogP contribution in [-0.4, -0.2) is 6.10 Å². The summed E-state index contributed by atoms with van der Waals surface area (Å²) < 4.78 is 42.3. The second-order valence-electron chi connectivity index (χ2n) is 4.34. The molecule has 4 heteroatoms. The van der Waals surface area contributed by atoms with Crippen LogP contribution in [-0.2, 0) is 6.18 Å². The predicted molar refractivity (Wildman–Crippen MR) is 54.3 cm³/mol. The molecule has 0 N–H and O–H groups in total. The minimum atomic E-state index is -4.27. The highest BCUT2D eigenvalue weighted by atomic mass is 19.4. The summed E-state index contributed by atoms with van der Waals surface area (Å²) in [7, 11) is 0. The van der Waals surface area contributed by atoms with Gasteiger partial charge in [0.2, 0.25) is 0 Å². The van der Waals surface area contributed by atoms with Gasteiger partial charge in [0.25, 0.3) is 0 Å². The molecule has 0 bridgehead atoms. The molecule has 88 valence electrons. The highest BCUT2D eigenvalue weighted by Gasteiger charge is 2.30. The second-order valence-corrected chi connectivity index (χ2v) is 4.34.